The predicted molar refractivity (Wildman–Crippen MR) is 87.9 cm³/mol. The largest absolute Gasteiger partial charge is 0.342 e. The summed E-state index contributed by atoms with van der Waals surface area (Å²) in [6.07, 6.45) is 6.15. The first-order valence-electron chi connectivity index (χ1n) is 8.67. The summed E-state index contributed by atoms with van der Waals surface area (Å²) < 4.78 is 2.11. The number of hydrogen-bond donors (Lipinski definition) is 1. The van der Waals surface area contributed by atoms with Gasteiger partial charge < -0.3 is 14.8 Å². The van der Waals surface area contributed by atoms with Crippen LogP contribution in [0.15, 0.2) is 6.20 Å². The van der Waals surface area contributed by atoms with Crippen molar-refractivity contribution in [1.82, 2.24) is 14.5 Å². The zero-order chi connectivity index (χ0) is 16.4. The van der Waals surface area contributed by atoms with Gasteiger partial charge in [0.2, 0.25) is 11.8 Å². The molecule has 3 rings (SSSR count). The lowest BCUT2D eigenvalue weighted by molar-refractivity contribution is -0.137. The molecule has 2 aliphatic heterocycles. The van der Waals surface area contributed by atoms with Crippen LogP contribution < -0.4 is 5.32 Å². The maximum atomic E-state index is 12.6. The number of likely N-dealkylation sites (tertiary alicyclic amines) is 1. The number of aryl methyl sites for hydroxylation is 1. The molecule has 0 aromatic carbocycles. The third kappa shape index (κ3) is 3.57. The van der Waals surface area contributed by atoms with E-state index in [4.69, 9.17) is 0 Å². The summed E-state index contributed by atoms with van der Waals surface area (Å²) in [5.41, 5.74) is 0. The fourth-order valence-corrected chi connectivity index (χ4v) is 3.49. The van der Waals surface area contributed by atoms with Crippen molar-refractivity contribution in [2.75, 3.05) is 18.4 Å². The molecule has 0 bridgehead atoms. The minimum atomic E-state index is -0.124. The van der Waals surface area contributed by atoms with Gasteiger partial charge in [0.15, 0.2) is 0 Å². The fraction of sp³-hybridized carbons (Fsp3) is 0.706. The van der Waals surface area contributed by atoms with Gasteiger partial charge in [0.05, 0.1) is 12.1 Å². The maximum absolute atomic E-state index is 12.6. The molecule has 1 saturated heterocycles. The van der Waals surface area contributed by atoms with Gasteiger partial charge in [0, 0.05) is 32.5 Å². The van der Waals surface area contributed by atoms with E-state index in [1.807, 2.05) is 4.90 Å². The van der Waals surface area contributed by atoms with Gasteiger partial charge in [-0.2, -0.15) is 0 Å². The van der Waals surface area contributed by atoms with Crippen LogP contribution in [-0.4, -0.2) is 39.4 Å². The molecule has 2 aliphatic rings. The van der Waals surface area contributed by atoms with Crippen LogP contribution in [0.25, 0.3) is 0 Å². The van der Waals surface area contributed by atoms with Crippen LogP contribution in [0.4, 0.5) is 5.82 Å². The van der Waals surface area contributed by atoms with E-state index in [9.17, 15) is 9.59 Å². The molecule has 1 fully saturated rings. The summed E-state index contributed by atoms with van der Waals surface area (Å²) in [7, 11) is 0. The standard InChI is InChI=1S/C17H26N4O2/c1-12(2)10-20-11-13(6-7-16(20)22)17(23)19-15-9-18-14-5-3-4-8-21(14)15/h9,12-13H,3-8,10-11H2,1-2H3,(H,19,23). The average Bonchev–Trinajstić information content (AvgIpc) is 2.92. The molecule has 1 unspecified atom stereocenters. The van der Waals surface area contributed by atoms with Crippen LogP contribution in [0, 0.1) is 11.8 Å². The Morgan fingerprint density at radius 3 is 3.00 bits per heavy atom. The molecule has 1 atom stereocenters. The van der Waals surface area contributed by atoms with Gasteiger partial charge in [0.1, 0.15) is 11.6 Å². The fourth-order valence-electron chi connectivity index (χ4n) is 3.49. The zero-order valence-corrected chi connectivity index (χ0v) is 14.0. The lowest BCUT2D eigenvalue weighted by Gasteiger charge is -2.33. The van der Waals surface area contributed by atoms with Gasteiger partial charge in [-0.25, -0.2) is 4.98 Å². The second-order valence-electron chi connectivity index (χ2n) is 7.09. The zero-order valence-electron chi connectivity index (χ0n) is 14.0. The second-order valence-corrected chi connectivity index (χ2v) is 7.09. The van der Waals surface area contributed by atoms with E-state index < -0.39 is 0 Å². The Bertz CT molecular complexity index is 593. The van der Waals surface area contributed by atoms with E-state index in [0.29, 0.717) is 25.3 Å². The summed E-state index contributed by atoms with van der Waals surface area (Å²) in [5, 5.41) is 3.03. The molecule has 1 aromatic heterocycles. The number of hydrogen-bond acceptors (Lipinski definition) is 3. The molecule has 6 nitrogen and oxygen atoms in total. The van der Waals surface area contributed by atoms with Crippen LogP contribution in [0.1, 0.15) is 45.4 Å². The number of aromatic nitrogens is 2. The van der Waals surface area contributed by atoms with Crippen molar-refractivity contribution in [2.45, 2.75) is 52.5 Å². The molecular weight excluding hydrogens is 292 g/mol. The van der Waals surface area contributed by atoms with Gasteiger partial charge >= 0.3 is 0 Å². The van der Waals surface area contributed by atoms with E-state index in [0.717, 1.165) is 37.6 Å². The van der Waals surface area contributed by atoms with Crippen LogP contribution in [0.3, 0.4) is 0 Å². The Morgan fingerprint density at radius 1 is 1.39 bits per heavy atom. The molecule has 23 heavy (non-hydrogen) atoms. The highest BCUT2D eigenvalue weighted by Crippen LogP contribution is 2.23. The number of piperidine rings is 1. The molecule has 0 saturated carbocycles. The van der Waals surface area contributed by atoms with Crippen molar-refractivity contribution in [2.24, 2.45) is 11.8 Å². The topological polar surface area (TPSA) is 67.2 Å². The molecule has 2 amide bonds. The lowest BCUT2D eigenvalue weighted by Crippen LogP contribution is -2.45. The van der Waals surface area contributed by atoms with Gasteiger partial charge in [0.25, 0.3) is 0 Å². The molecule has 6 heteroatoms. The summed E-state index contributed by atoms with van der Waals surface area (Å²) in [5.74, 6) is 2.34. The highest BCUT2D eigenvalue weighted by atomic mass is 16.2. The number of fused-ring (bicyclic) bond motifs is 1. The Hall–Kier alpha value is -1.85. The van der Waals surface area contributed by atoms with E-state index in [2.05, 4.69) is 28.7 Å². The number of carbonyl (C=O) groups is 2. The molecular formula is C17H26N4O2. The number of rotatable bonds is 4. The van der Waals surface area contributed by atoms with Gasteiger partial charge in [-0.15, -0.1) is 0 Å². The van der Waals surface area contributed by atoms with Crippen LogP contribution in [0.5, 0.6) is 0 Å². The van der Waals surface area contributed by atoms with Crippen molar-refractivity contribution in [3.05, 3.63) is 12.0 Å². The normalized spacial score (nSPS) is 21.4. The summed E-state index contributed by atoms with van der Waals surface area (Å²) >= 11 is 0. The molecule has 1 N–H and O–H groups in total. The number of anilines is 1. The summed E-state index contributed by atoms with van der Waals surface area (Å²) in [6.45, 7) is 6.37. The highest BCUT2D eigenvalue weighted by Gasteiger charge is 2.31. The summed E-state index contributed by atoms with van der Waals surface area (Å²) in [4.78, 5) is 30.8. The third-order valence-corrected chi connectivity index (χ3v) is 4.68. The Labute approximate surface area is 137 Å². The number of amides is 2. The molecule has 3 heterocycles. The van der Waals surface area contributed by atoms with Gasteiger partial charge in [-0.05, 0) is 25.2 Å². The Kier molecular flexibility index (Phi) is 4.68. The van der Waals surface area contributed by atoms with E-state index in [1.54, 1.807) is 6.20 Å². The Morgan fingerprint density at radius 2 is 2.22 bits per heavy atom. The minimum absolute atomic E-state index is 0.0135. The first kappa shape index (κ1) is 16.0. The minimum Gasteiger partial charge on any atom is -0.342 e. The Balaban J connectivity index is 1.64. The van der Waals surface area contributed by atoms with E-state index >= 15 is 0 Å². The third-order valence-electron chi connectivity index (χ3n) is 4.68. The maximum Gasteiger partial charge on any atom is 0.230 e. The SMILES string of the molecule is CC(C)CN1CC(C(=O)Nc2cnc3n2CCCC3)CCC1=O. The number of nitrogens with one attached hydrogen (secondary N) is 1. The lowest BCUT2D eigenvalue weighted by atomic mass is 9.96. The highest BCUT2D eigenvalue weighted by molar-refractivity contribution is 5.93. The van der Waals surface area contributed by atoms with Crippen molar-refractivity contribution in [3.63, 3.8) is 0 Å². The molecule has 126 valence electrons. The quantitative estimate of drug-likeness (QED) is 0.924. The van der Waals surface area contributed by atoms with Gasteiger partial charge in [-0.3, -0.25) is 9.59 Å². The van der Waals surface area contributed by atoms with Crippen molar-refractivity contribution < 1.29 is 9.59 Å². The predicted octanol–water partition coefficient (Wildman–Crippen LogP) is 2.05. The smallest absolute Gasteiger partial charge is 0.230 e. The van der Waals surface area contributed by atoms with Crippen molar-refractivity contribution >= 4 is 17.6 Å². The molecule has 0 radical (unpaired) electrons. The molecule has 0 spiro atoms. The first-order chi connectivity index (χ1) is 11.0. The number of nitrogens with zero attached hydrogens (tertiary/aromatic N) is 3. The van der Waals surface area contributed by atoms with Crippen LogP contribution in [-0.2, 0) is 22.6 Å². The van der Waals surface area contributed by atoms with Crippen LogP contribution >= 0.6 is 0 Å². The molecule has 1 aromatic rings. The van der Waals surface area contributed by atoms with Crippen molar-refractivity contribution in [3.8, 4) is 0 Å². The number of imidazole rings is 1. The monoisotopic (exact) mass is 318 g/mol. The first-order valence-corrected chi connectivity index (χ1v) is 8.67. The number of carbonyl (C=O) groups excluding carboxylic acids is 2. The van der Waals surface area contributed by atoms with Gasteiger partial charge in [-0.1, -0.05) is 13.8 Å². The van der Waals surface area contributed by atoms with Crippen molar-refractivity contribution in [1.29, 1.82) is 0 Å². The average molecular weight is 318 g/mol. The van der Waals surface area contributed by atoms with E-state index in [-0.39, 0.29) is 17.7 Å². The molecule has 0 aliphatic carbocycles. The van der Waals surface area contributed by atoms with Crippen LogP contribution in [0.2, 0.25) is 0 Å². The summed E-state index contributed by atoms with van der Waals surface area (Å²) in [6, 6.07) is 0. The second kappa shape index (κ2) is 6.72. The van der Waals surface area contributed by atoms with E-state index in [1.165, 1.54) is 6.42 Å².